The number of aldehydes is 1. The lowest BCUT2D eigenvalue weighted by Crippen LogP contribution is -2.45. The molecule has 0 rings (SSSR count). The van der Waals surface area contributed by atoms with Crippen LogP contribution in [0.5, 0.6) is 0 Å². The number of hydrogen-bond acceptors (Lipinski definition) is 5. The summed E-state index contributed by atoms with van der Waals surface area (Å²) in [6, 6.07) is -0.810. The minimum absolute atomic E-state index is 0.174. The highest BCUT2D eigenvalue weighted by Crippen LogP contribution is 2.13. The molecule has 0 heterocycles. The molecule has 0 N–H and O–H groups in total. The lowest BCUT2D eigenvalue weighted by Gasteiger charge is -2.28. The first-order valence-electron chi connectivity index (χ1n) is 5.70. The van der Waals surface area contributed by atoms with Gasteiger partial charge in [0.1, 0.15) is 17.9 Å². The number of methoxy groups -OCH3 is 1. The minimum atomic E-state index is -0.810. The molecule has 0 aromatic heterocycles. The first-order valence-corrected chi connectivity index (χ1v) is 5.70. The molecule has 0 aliphatic rings. The smallest absolute Gasteiger partial charge is 0.410 e. The zero-order valence-electron chi connectivity index (χ0n) is 11.6. The van der Waals surface area contributed by atoms with Gasteiger partial charge >= 0.3 is 12.1 Å². The van der Waals surface area contributed by atoms with Crippen LogP contribution in [0.3, 0.4) is 0 Å². The number of hydrogen-bond donors (Lipinski definition) is 0. The number of ether oxygens (including phenoxy) is 2. The summed E-state index contributed by atoms with van der Waals surface area (Å²) in [5, 5.41) is 0. The topological polar surface area (TPSA) is 72.9 Å². The van der Waals surface area contributed by atoms with Gasteiger partial charge in [-0.1, -0.05) is 0 Å². The summed E-state index contributed by atoms with van der Waals surface area (Å²) in [5.41, 5.74) is -0.642. The van der Waals surface area contributed by atoms with E-state index in [1.807, 2.05) is 0 Å². The first kappa shape index (κ1) is 16.4. The van der Waals surface area contributed by atoms with Gasteiger partial charge in [0.25, 0.3) is 0 Å². The van der Waals surface area contributed by atoms with Crippen molar-refractivity contribution in [1.82, 2.24) is 4.90 Å². The second kappa shape index (κ2) is 6.98. The Hall–Kier alpha value is -1.59. The maximum Gasteiger partial charge on any atom is 0.410 e. The van der Waals surface area contributed by atoms with Crippen LogP contribution in [-0.4, -0.2) is 49.0 Å². The van der Waals surface area contributed by atoms with Gasteiger partial charge in [-0.05, 0) is 27.2 Å². The number of nitrogens with zero attached hydrogens (tertiary/aromatic N) is 1. The van der Waals surface area contributed by atoms with Crippen LogP contribution in [0.1, 0.15) is 33.6 Å². The maximum absolute atomic E-state index is 11.8. The van der Waals surface area contributed by atoms with E-state index < -0.39 is 23.7 Å². The number of rotatable bonds is 5. The van der Waals surface area contributed by atoms with Gasteiger partial charge in [-0.2, -0.15) is 0 Å². The largest absolute Gasteiger partial charge is 0.467 e. The highest BCUT2D eigenvalue weighted by molar-refractivity contribution is 5.81. The molecule has 0 fully saturated rings. The molecule has 0 aliphatic heterocycles. The second-order valence-corrected chi connectivity index (χ2v) is 4.87. The summed E-state index contributed by atoms with van der Waals surface area (Å²) in [5.74, 6) is -0.565. The Morgan fingerprint density at radius 2 is 1.89 bits per heavy atom. The second-order valence-electron chi connectivity index (χ2n) is 4.87. The van der Waals surface area contributed by atoms with E-state index >= 15 is 0 Å². The first-order chi connectivity index (χ1) is 8.22. The molecular weight excluding hydrogens is 238 g/mol. The summed E-state index contributed by atoms with van der Waals surface area (Å²) in [6.07, 6.45) is 0.460. The van der Waals surface area contributed by atoms with Crippen molar-refractivity contribution in [2.45, 2.75) is 45.3 Å². The molecule has 0 spiro atoms. The van der Waals surface area contributed by atoms with E-state index in [1.54, 1.807) is 20.8 Å². The van der Waals surface area contributed by atoms with Crippen LogP contribution < -0.4 is 0 Å². The van der Waals surface area contributed by atoms with E-state index in [2.05, 4.69) is 4.74 Å². The highest BCUT2D eigenvalue weighted by Gasteiger charge is 2.30. The molecule has 0 aromatic carbocycles. The van der Waals surface area contributed by atoms with E-state index in [1.165, 1.54) is 14.2 Å². The Balaban J connectivity index is 4.72. The quantitative estimate of drug-likeness (QED) is 0.551. The molecule has 0 saturated carbocycles. The lowest BCUT2D eigenvalue weighted by atomic mass is 10.1. The van der Waals surface area contributed by atoms with Crippen LogP contribution in [0.15, 0.2) is 0 Å². The summed E-state index contributed by atoms with van der Waals surface area (Å²) < 4.78 is 9.75. The van der Waals surface area contributed by atoms with E-state index in [0.717, 1.165) is 4.90 Å². The molecule has 0 bridgehead atoms. The number of amides is 1. The fraction of sp³-hybridized carbons (Fsp3) is 0.750. The highest BCUT2D eigenvalue weighted by atomic mass is 16.6. The van der Waals surface area contributed by atoms with Crippen molar-refractivity contribution >= 4 is 18.3 Å². The Kier molecular flexibility index (Phi) is 6.36. The Bertz CT molecular complexity index is 308. The molecule has 6 heteroatoms. The van der Waals surface area contributed by atoms with Crippen LogP contribution in [0.4, 0.5) is 4.79 Å². The average molecular weight is 259 g/mol. The fourth-order valence-electron chi connectivity index (χ4n) is 1.29. The maximum atomic E-state index is 11.8. The van der Waals surface area contributed by atoms with Crippen molar-refractivity contribution in [3.63, 3.8) is 0 Å². The van der Waals surface area contributed by atoms with Gasteiger partial charge < -0.3 is 14.3 Å². The van der Waals surface area contributed by atoms with Gasteiger partial charge in [0.15, 0.2) is 0 Å². The third kappa shape index (κ3) is 5.65. The lowest BCUT2D eigenvalue weighted by molar-refractivity contribution is -0.146. The van der Waals surface area contributed by atoms with Crippen LogP contribution in [0.2, 0.25) is 0 Å². The molecule has 104 valence electrons. The Morgan fingerprint density at radius 3 is 2.28 bits per heavy atom. The zero-order chi connectivity index (χ0) is 14.3. The summed E-state index contributed by atoms with van der Waals surface area (Å²) in [4.78, 5) is 34.8. The summed E-state index contributed by atoms with van der Waals surface area (Å²) in [6.45, 7) is 5.20. The van der Waals surface area contributed by atoms with Crippen LogP contribution >= 0.6 is 0 Å². The Labute approximate surface area is 107 Å². The van der Waals surface area contributed by atoms with Crippen LogP contribution in [-0.2, 0) is 19.1 Å². The monoisotopic (exact) mass is 259 g/mol. The van der Waals surface area contributed by atoms with E-state index in [-0.39, 0.29) is 12.8 Å². The molecule has 0 radical (unpaired) electrons. The third-order valence-corrected chi connectivity index (χ3v) is 2.18. The van der Waals surface area contributed by atoms with Gasteiger partial charge in [0, 0.05) is 13.5 Å². The molecule has 0 aromatic rings. The molecule has 0 aliphatic carbocycles. The van der Waals surface area contributed by atoms with Gasteiger partial charge in [0.05, 0.1) is 7.11 Å². The normalized spacial score (nSPS) is 12.5. The number of likely N-dealkylation sites (N-methyl/N-ethyl adjacent to an activating group) is 1. The number of carbonyl (C=O) groups is 3. The molecule has 1 atom stereocenters. The van der Waals surface area contributed by atoms with Gasteiger partial charge in [-0.15, -0.1) is 0 Å². The minimum Gasteiger partial charge on any atom is -0.467 e. The molecule has 1 amide bonds. The van der Waals surface area contributed by atoms with Crippen LogP contribution in [0, 0.1) is 0 Å². The van der Waals surface area contributed by atoms with Gasteiger partial charge in [-0.3, -0.25) is 4.90 Å². The van der Waals surface area contributed by atoms with Gasteiger partial charge in [-0.25, -0.2) is 9.59 Å². The van der Waals surface area contributed by atoms with Crippen molar-refractivity contribution in [2.24, 2.45) is 0 Å². The summed E-state index contributed by atoms with van der Waals surface area (Å²) in [7, 11) is 2.68. The van der Waals surface area contributed by atoms with E-state index in [4.69, 9.17) is 4.74 Å². The predicted octanol–water partition coefficient (Wildman–Crippen LogP) is 1.37. The summed E-state index contributed by atoms with van der Waals surface area (Å²) >= 11 is 0. The number of esters is 1. The van der Waals surface area contributed by atoms with Crippen molar-refractivity contribution < 1.29 is 23.9 Å². The van der Waals surface area contributed by atoms with Crippen molar-refractivity contribution in [3.8, 4) is 0 Å². The van der Waals surface area contributed by atoms with Crippen molar-refractivity contribution in [2.75, 3.05) is 14.2 Å². The van der Waals surface area contributed by atoms with Crippen molar-refractivity contribution in [1.29, 1.82) is 0 Å². The molecule has 6 nitrogen and oxygen atoms in total. The SMILES string of the molecule is COC(=O)[C@@H](CCC=O)N(C)C(=O)OC(C)(C)C. The van der Waals surface area contributed by atoms with Crippen LogP contribution in [0.25, 0.3) is 0 Å². The van der Waals surface area contributed by atoms with E-state index in [9.17, 15) is 14.4 Å². The average Bonchev–Trinajstić information content (AvgIpc) is 2.26. The molecule has 18 heavy (non-hydrogen) atoms. The number of carbonyl (C=O) groups excluding carboxylic acids is 3. The molecular formula is C12H21NO5. The predicted molar refractivity (Wildman–Crippen MR) is 65.1 cm³/mol. The molecule has 0 saturated heterocycles. The zero-order valence-corrected chi connectivity index (χ0v) is 11.6. The van der Waals surface area contributed by atoms with E-state index in [0.29, 0.717) is 6.29 Å². The fourth-order valence-corrected chi connectivity index (χ4v) is 1.29. The molecule has 0 unspecified atom stereocenters. The van der Waals surface area contributed by atoms with Gasteiger partial charge in [0.2, 0.25) is 0 Å². The Morgan fingerprint density at radius 1 is 1.33 bits per heavy atom. The van der Waals surface area contributed by atoms with Crippen molar-refractivity contribution in [3.05, 3.63) is 0 Å². The standard InChI is InChI=1S/C12H21NO5/c1-12(2,3)18-11(16)13(4)9(7-6-8-14)10(15)17-5/h8-9H,6-7H2,1-5H3/t9-/m1/s1. The third-order valence-electron chi connectivity index (χ3n) is 2.18.